The van der Waals surface area contributed by atoms with Crippen molar-refractivity contribution < 1.29 is 14.6 Å². The lowest BCUT2D eigenvalue weighted by Crippen LogP contribution is -2.31. The van der Waals surface area contributed by atoms with Crippen molar-refractivity contribution in [2.24, 2.45) is 5.41 Å². The maximum Gasteiger partial charge on any atom is 0.311 e. The predicted octanol–water partition coefficient (Wildman–Crippen LogP) is 3.47. The summed E-state index contributed by atoms with van der Waals surface area (Å²) in [6.07, 6.45) is 6.11. The average Bonchev–Trinajstić information content (AvgIpc) is 2.21. The predicted molar refractivity (Wildman–Crippen MR) is 65.6 cm³/mol. The number of carbonyl (C=O) groups is 1. The van der Waals surface area contributed by atoms with Gasteiger partial charge in [-0.25, -0.2) is 0 Å². The first kappa shape index (κ1) is 15.4. The second kappa shape index (κ2) is 7.66. The molecule has 0 aromatic rings. The molecular weight excluding hydrogens is 204 g/mol. The minimum Gasteiger partial charge on any atom is -0.481 e. The molecule has 0 aromatic heterocycles. The Morgan fingerprint density at radius 1 is 1.31 bits per heavy atom. The lowest BCUT2D eigenvalue weighted by molar-refractivity contribution is -0.151. The fourth-order valence-corrected chi connectivity index (χ4v) is 1.35. The van der Waals surface area contributed by atoms with Crippen LogP contribution in [0.1, 0.15) is 59.8 Å². The van der Waals surface area contributed by atoms with Crippen LogP contribution in [0.25, 0.3) is 0 Å². The minimum atomic E-state index is -0.800. The Balaban J connectivity index is 3.64. The fraction of sp³-hybridized carbons (Fsp3) is 0.923. The van der Waals surface area contributed by atoms with E-state index < -0.39 is 11.4 Å². The van der Waals surface area contributed by atoms with E-state index in [1.807, 2.05) is 6.92 Å². The fourth-order valence-electron chi connectivity index (χ4n) is 1.35. The van der Waals surface area contributed by atoms with Gasteiger partial charge in [-0.15, -0.1) is 0 Å². The minimum absolute atomic E-state index is 0.162. The monoisotopic (exact) mass is 230 g/mol. The zero-order chi connectivity index (χ0) is 12.6. The Kier molecular flexibility index (Phi) is 7.39. The highest BCUT2D eigenvalue weighted by Crippen LogP contribution is 2.17. The molecule has 0 aliphatic rings. The molecule has 0 aliphatic carbocycles. The third-order valence-corrected chi connectivity index (χ3v) is 2.77. The third-order valence-electron chi connectivity index (χ3n) is 2.77. The molecule has 0 spiro atoms. The van der Waals surface area contributed by atoms with Gasteiger partial charge in [0.1, 0.15) is 0 Å². The highest BCUT2D eigenvalue weighted by Gasteiger charge is 2.27. The van der Waals surface area contributed by atoms with E-state index in [9.17, 15) is 4.79 Å². The van der Waals surface area contributed by atoms with E-state index in [0.717, 1.165) is 6.42 Å². The van der Waals surface area contributed by atoms with Crippen LogP contribution in [-0.4, -0.2) is 23.8 Å². The van der Waals surface area contributed by atoms with Crippen LogP contribution in [0.3, 0.4) is 0 Å². The van der Waals surface area contributed by atoms with Crippen molar-refractivity contribution in [2.75, 3.05) is 6.61 Å². The molecule has 0 heterocycles. The average molecular weight is 230 g/mol. The highest BCUT2D eigenvalue weighted by molar-refractivity contribution is 5.73. The summed E-state index contributed by atoms with van der Waals surface area (Å²) < 4.78 is 5.57. The second-order valence-corrected chi connectivity index (χ2v) is 5.16. The summed E-state index contributed by atoms with van der Waals surface area (Å²) >= 11 is 0. The number of hydrogen-bond donors (Lipinski definition) is 1. The lowest BCUT2D eigenvalue weighted by atomic mass is 9.95. The molecule has 1 atom stereocenters. The van der Waals surface area contributed by atoms with Gasteiger partial charge in [0.05, 0.1) is 18.1 Å². The topological polar surface area (TPSA) is 46.5 Å². The van der Waals surface area contributed by atoms with Crippen molar-refractivity contribution in [1.29, 1.82) is 0 Å². The summed E-state index contributed by atoms with van der Waals surface area (Å²) in [6, 6.07) is 0. The van der Waals surface area contributed by atoms with Gasteiger partial charge >= 0.3 is 5.97 Å². The number of carboxylic acids is 1. The molecule has 1 unspecified atom stereocenters. The van der Waals surface area contributed by atoms with Crippen LogP contribution in [0.5, 0.6) is 0 Å². The molecule has 96 valence electrons. The summed E-state index contributed by atoms with van der Waals surface area (Å²) in [6.45, 7) is 7.88. The van der Waals surface area contributed by atoms with Crippen molar-refractivity contribution >= 4 is 5.97 Å². The van der Waals surface area contributed by atoms with E-state index in [2.05, 4.69) is 6.92 Å². The first-order valence-electron chi connectivity index (χ1n) is 6.25. The van der Waals surface area contributed by atoms with Gasteiger partial charge in [0.15, 0.2) is 0 Å². The molecule has 0 amide bonds. The van der Waals surface area contributed by atoms with Crippen LogP contribution in [-0.2, 0) is 9.53 Å². The molecule has 0 saturated carbocycles. The van der Waals surface area contributed by atoms with Gasteiger partial charge in [-0.1, -0.05) is 32.6 Å². The first-order valence-corrected chi connectivity index (χ1v) is 6.25. The van der Waals surface area contributed by atoms with E-state index >= 15 is 0 Å². The second-order valence-electron chi connectivity index (χ2n) is 5.16. The maximum atomic E-state index is 10.9. The molecule has 0 aromatic carbocycles. The standard InChI is InChI=1S/C13H26O3/c1-5-6-7-8-9-11(2)16-10-13(3,4)12(14)15/h11H,5-10H2,1-4H3,(H,14,15). The quantitative estimate of drug-likeness (QED) is 0.617. The highest BCUT2D eigenvalue weighted by atomic mass is 16.5. The number of carboxylic acid groups (broad SMARTS) is 1. The van der Waals surface area contributed by atoms with Crippen LogP contribution >= 0.6 is 0 Å². The smallest absolute Gasteiger partial charge is 0.311 e. The molecule has 0 rings (SSSR count). The molecule has 0 fully saturated rings. The normalized spacial score (nSPS) is 13.8. The summed E-state index contributed by atoms with van der Waals surface area (Å²) in [4.78, 5) is 10.9. The molecule has 16 heavy (non-hydrogen) atoms. The van der Waals surface area contributed by atoms with E-state index in [-0.39, 0.29) is 12.7 Å². The Labute approximate surface area is 99.2 Å². The summed E-state index contributed by atoms with van der Waals surface area (Å²) in [5.41, 5.74) is -0.780. The van der Waals surface area contributed by atoms with Gasteiger partial charge in [0.2, 0.25) is 0 Å². The molecule has 0 radical (unpaired) electrons. The molecule has 0 aliphatic heterocycles. The van der Waals surface area contributed by atoms with Gasteiger partial charge in [0.25, 0.3) is 0 Å². The molecule has 1 N–H and O–H groups in total. The van der Waals surface area contributed by atoms with Crippen molar-refractivity contribution in [3.8, 4) is 0 Å². The van der Waals surface area contributed by atoms with Crippen LogP contribution in [0.2, 0.25) is 0 Å². The van der Waals surface area contributed by atoms with Gasteiger partial charge in [-0.05, 0) is 27.2 Å². The first-order chi connectivity index (χ1) is 7.40. The van der Waals surface area contributed by atoms with E-state index in [1.54, 1.807) is 13.8 Å². The van der Waals surface area contributed by atoms with E-state index in [1.165, 1.54) is 25.7 Å². The third kappa shape index (κ3) is 6.83. The lowest BCUT2D eigenvalue weighted by Gasteiger charge is -2.22. The van der Waals surface area contributed by atoms with Crippen molar-refractivity contribution in [3.63, 3.8) is 0 Å². The van der Waals surface area contributed by atoms with E-state index in [0.29, 0.717) is 0 Å². The SMILES string of the molecule is CCCCCCC(C)OCC(C)(C)C(=O)O. The number of unbranched alkanes of at least 4 members (excludes halogenated alkanes) is 3. The summed E-state index contributed by atoms with van der Waals surface area (Å²) in [7, 11) is 0. The van der Waals surface area contributed by atoms with Gasteiger partial charge in [-0.3, -0.25) is 4.79 Å². The Hall–Kier alpha value is -0.570. The summed E-state index contributed by atoms with van der Waals surface area (Å²) in [5.74, 6) is -0.800. The van der Waals surface area contributed by atoms with Crippen molar-refractivity contribution in [2.45, 2.75) is 65.9 Å². The zero-order valence-corrected chi connectivity index (χ0v) is 11.1. The van der Waals surface area contributed by atoms with Crippen LogP contribution in [0.15, 0.2) is 0 Å². The van der Waals surface area contributed by atoms with Crippen molar-refractivity contribution in [1.82, 2.24) is 0 Å². The molecular formula is C13H26O3. The molecule has 0 saturated heterocycles. The maximum absolute atomic E-state index is 10.9. The molecule has 3 heteroatoms. The largest absolute Gasteiger partial charge is 0.481 e. The Morgan fingerprint density at radius 3 is 2.44 bits per heavy atom. The Bertz CT molecular complexity index is 199. The molecule has 3 nitrogen and oxygen atoms in total. The number of rotatable bonds is 9. The zero-order valence-electron chi connectivity index (χ0n) is 11.1. The number of aliphatic carboxylic acids is 1. The Morgan fingerprint density at radius 2 is 1.94 bits per heavy atom. The number of ether oxygens (including phenoxy) is 1. The summed E-state index contributed by atoms with van der Waals surface area (Å²) in [5, 5.41) is 8.92. The van der Waals surface area contributed by atoms with Gasteiger partial charge in [0, 0.05) is 0 Å². The van der Waals surface area contributed by atoms with Crippen LogP contribution in [0.4, 0.5) is 0 Å². The van der Waals surface area contributed by atoms with E-state index in [4.69, 9.17) is 9.84 Å². The van der Waals surface area contributed by atoms with Gasteiger partial charge in [-0.2, -0.15) is 0 Å². The van der Waals surface area contributed by atoms with Gasteiger partial charge < -0.3 is 9.84 Å². The van der Waals surface area contributed by atoms with Crippen LogP contribution in [0, 0.1) is 5.41 Å². The molecule has 0 bridgehead atoms. The van der Waals surface area contributed by atoms with Crippen molar-refractivity contribution in [3.05, 3.63) is 0 Å². The number of hydrogen-bond acceptors (Lipinski definition) is 2. The van der Waals surface area contributed by atoms with Crippen LogP contribution < -0.4 is 0 Å².